The maximum atomic E-state index is 13.9. The summed E-state index contributed by atoms with van der Waals surface area (Å²) >= 11 is 0. The molecule has 1 N–H and O–H groups in total. The molecule has 1 aliphatic heterocycles. The Labute approximate surface area is 78.2 Å². The number of hydrogen-bond acceptors (Lipinski definition) is 2. The van der Waals surface area contributed by atoms with E-state index < -0.39 is 5.67 Å². The Morgan fingerprint density at radius 2 is 2.46 bits per heavy atom. The molecule has 72 valence electrons. The normalized spacial score (nSPS) is 29.8. The molecule has 1 saturated heterocycles. The van der Waals surface area contributed by atoms with E-state index in [4.69, 9.17) is 0 Å². The summed E-state index contributed by atoms with van der Waals surface area (Å²) in [6.45, 7) is 6.28. The van der Waals surface area contributed by atoms with Crippen LogP contribution in [0.1, 0.15) is 13.3 Å². The summed E-state index contributed by atoms with van der Waals surface area (Å²) in [5.41, 5.74) is -0.414. The average Bonchev–Trinajstić information content (AvgIpc) is 2.54. The number of nitrogens with zero attached hydrogens (tertiary/aromatic N) is 1. The van der Waals surface area contributed by atoms with Gasteiger partial charge in [0.25, 0.3) is 0 Å². The fourth-order valence-corrected chi connectivity index (χ4v) is 1.40. The highest BCUT2D eigenvalue weighted by Gasteiger charge is 2.34. The second kappa shape index (κ2) is 4.33. The maximum absolute atomic E-state index is 13.9. The van der Waals surface area contributed by atoms with E-state index in [9.17, 15) is 4.39 Å². The smallest absolute Gasteiger partial charge is 0.145 e. The number of hydrogen-bond donors (Lipinski definition) is 1. The highest BCUT2D eigenvalue weighted by Crippen LogP contribution is 2.28. The van der Waals surface area contributed by atoms with Crippen molar-refractivity contribution in [1.29, 1.82) is 0 Å². The minimum absolute atomic E-state index is 0.421. The summed E-state index contributed by atoms with van der Waals surface area (Å²) in [7, 11) is 0. The van der Waals surface area contributed by atoms with Crippen molar-refractivity contribution >= 4 is 6.72 Å². The van der Waals surface area contributed by atoms with Gasteiger partial charge in [0.15, 0.2) is 0 Å². The molecule has 0 spiro atoms. The zero-order valence-corrected chi connectivity index (χ0v) is 7.89. The molecular weight excluding hydrogens is 167 g/mol. The number of aliphatic imine (C=N–C) groups is 1. The van der Waals surface area contributed by atoms with Gasteiger partial charge in [0.05, 0.1) is 0 Å². The first-order valence-corrected chi connectivity index (χ1v) is 4.38. The predicted octanol–water partition coefficient (Wildman–Crippen LogP) is 1.85. The van der Waals surface area contributed by atoms with E-state index in [0.29, 0.717) is 13.0 Å². The summed E-state index contributed by atoms with van der Waals surface area (Å²) in [4.78, 5) is 3.54. The Hall–Kier alpha value is -0.960. The van der Waals surface area contributed by atoms with Crippen LogP contribution in [0.25, 0.3) is 0 Å². The van der Waals surface area contributed by atoms with Gasteiger partial charge in [0, 0.05) is 12.7 Å². The van der Waals surface area contributed by atoms with Crippen LogP contribution in [-0.4, -0.2) is 25.5 Å². The number of alkyl halides is 1. The van der Waals surface area contributed by atoms with Crippen LogP contribution in [0.3, 0.4) is 0 Å². The lowest BCUT2D eigenvalue weighted by Crippen LogP contribution is -2.27. The van der Waals surface area contributed by atoms with Crippen LogP contribution in [0, 0.1) is 0 Å². The molecular formula is C10H15FN2. The second-order valence-corrected chi connectivity index (χ2v) is 3.27. The molecule has 2 nitrogen and oxygen atoms in total. The Kier molecular flexibility index (Phi) is 3.37. The molecule has 1 rings (SSSR count). The molecule has 1 fully saturated rings. The van der Waals surface area contributed by atoms with Crippen LogP contribution >= 0.6 is 0 Å². The SMILES string of the molecule is C=NC=CC=C(C)C1(F)CCNC1. The molecule has 13 heavy (non-hydrogen) atoms. The van der Waals surface area contributed by atoms with Crippen molar-refractivity contribution in [1.82, 2.24) is 5.32 Å². The van der Waals surface area contributed by atoms with Crippen LogP contribution in [0.4, 0.5) is 4.39 Å². The van der Waals surface area contributed by atoms with Gasteiger partial charge in [-0.25, -0.2) is 4.39 Å². The van der Waals surface area contributed by atoms with Gasteiger partial charge in [-0.1, -0.05) is 6.08 Å². The molecule has 1 unspecified atom stereocenters. The highest BCUT2D eigenvalue weighted by atomic mass is 19.1. The molecule has 1 atom stereocenters. The molecule has 3 heteroatoms. The number of rotatable bonds is 3. The molecule has 0 aromatic rings. The third kappa shape index (κ3) is 2.49. The first kappa shape index (κ1) is 10.1. The topological polar surface area (TPSA) is 24.4 Å². The quantitative estimate of drug-likeness (QED) is 0.523. The van der Waals surface area contributed by atoms with Gasteiger partial charge < -0.3 is 5.32 Å². The van der Waals surface area contributed by atoms with Crippen molar-refractivity contribution in [3.8, 4) is 0 Å². The van der Waals surface area contributed by atoms with Crippen LogP contribution in [-0.2, 0) is 0 Å². The largest absolute Gasteiger partial charge is 0.313 e. The van der Waals surface area contributed by atoms with Crippen molar-refractivity contribution < 1.29 is 4.39 Å². The predicted molar refractivity (Wildman–Crippen MR) is 53.8 cm³/mol. The van der Waals surface area contributed by atoms with Crippen LogP contribution in [0.5, 0.6) is 0 Å². The Balaban J connectivity index is 2.64. The minimum Gasteiger partial charge on any atom is -0.313 e. The summed E-state index contributed by atoms with van der Waals surface area (Å²) in [6, 6.07) is 0. The van der Waals surface area contributed by atoms with E-state index in [1.54, 1.807) is 25.3 Å². The zero-order valence-electron chi connectivity index (χ0n) is 7.89. The summed E-state index contributed by atoms with van der Waals surface area (Å²) < 4.78 is 13.9. The number of halogens is 1. The molecule has 0 saturated carbocycles. The van der Waals surface area contributed by atoms with Gasteiger partial charge in [0.2, 0.25) is 0 Å². The summed E-state index contributed by atoms with van der Waals surface area (Å²) in [6.07, 6.45) is 5.57. The van der Waals surface area contributed by atoms with E-state index in [0.717, 1.165) is 12.1 Å². The van der Waals surface area contributed by atoms with Crippen molar-refractivity contribution in [2.24, 2.45) is 4.99 Å². The zero-order chi connectivity index (χ0) is 9.73. The van der Waals surface area contributed by atoms with Crippen LogP contribution in [0.2, 0.25) is 0 Å². The number of allylic oxidation sites excluding steroid dienone is 2. The summed E-state index contributed by atoms with van der Waals surface area (Å²) in [5, 5.41) is 3.01. The maximum Gasteiger partial charge on any atom is 0.145 e. The van der Waals surface area contributed by atoms with Crippen molar-refractivity contribution in [2.45, 2.75) is 19.0 Å². The van der Waals surface area contributed by atoms with E-state index in [-0.39, 0.29) is 0 Å². The Morgan fingerprint density at radius 3 is 3.00 bits per heavy atom. The molecule has 0 amide bonds. The van der Waals surface area contributed by atoms with Crippen molar-refractivity contribution in [2.75, 3.05) is 13.1 Å². The molecule has 1 aliphatic rings. The first-order valence-electron chi connectivity index (χ1n) is 4.38. The molecule has 0 radical (unpaired) electrons. The van der Waals surface area contributed by atoms with Gasteiger partial charge in [-0.2, -0.15) is 0 Å². The van der Waals surface area contributed by atoms with Gasteiger partial charge in [-0.05, 0) is 38.3 Å². The van der Waals surface area contributed by atoms with E-state index in [1.165, 1.54) is 0 Å². The highest BCUT2D eigenvalue weighted by molar-refractivity contribution is 5.27. The van der Waals surface area contributed by atoms with Gasteiger partial charge >= 0.3 is 0 Å². The fraction of sp³-hybridized carbons (Fsp3) is 0.500. The first-order chi connectivity index (χ1) is 6.19. The van der Waals surface area contributed by atoms with Gasteiger partial charge in [0.1, 0.15) is 5.67 Å². The summed E-state index contributed by atoms with van der Waals surface area (Å²) in [5.74, 6) is 0. The Bertz CT molecular complexity index is 237. The molecule has 0 aromatic heterocycles. The van der Waals surface area contributed by atoms with E-state index in [1.807, 2.05) is 0 Å². The third-order valence-corrected chi connectivity index (χ3v) is 2.35. The van der Waals surface area contributed by atoms with E-state index in [2.05, 4.69) is 17.0 Å². The third-order valence-electron chi connectivity index (χ3n) is 2.35. The van der Waals surface area contributed by atoms with E-state index >= 15 is 0 Å². The average molecular weight is 182 g/mol. The standard InChI is InChI=1S/C10H15FN2/c1-9(4-3-6-12-2)10(11)5-7-13-8-10/h3-4,6,13H,2,5,7-8H2,1H3. The monoisotopic (exact) mass is 182 g/mol. The lowest BCUT2D eigenvalue weighted by Gasteiger charge is -2.18. The van der Waals surface area contributed by atoms with Crippen LogP contribution < -0.4 is 5.32 Å². The molecule has 0 aliphatic carbocycles. The van der Waals surface area contributed by atoms with Crippen molar-refractivity contribution in [3.05, 3.63) is 23.9 Å². The molecule has 1 heterocycles. The lowest BCUT2D eigenvalue weighted by molar-refractivity contribution is 0.240. The van der Waals surface area contributed by atoms with Gasteiger partial charge in [-0.15, -0.1) is 0 Å². The molecule has 0 aromatic carbocycles. The minimum atomic E-state index is -1.16. The van der Waals surface area contributed by atoms with Gasteiger partial charge in [-0.3, -0.25) is 4.99 Å². The lowest BCUT2D eigenvalue weighted by atomic mass is 9.96. The Morgan fingerprint density at radius 1 is 1.69 bits per heavy atom. The fourth-order valence-electron chi connectivity index (χ4n) is 1.40. The molecule has 0 bridgehead atoms. The number of nitrogens with one attached hydrogen (secondary N) is 1. The van der Waals surface area contributed by atoms with Crippen molar-refractivity contribution in [3.63, 3.8) is 0 Å². The van der Waals surface area contributed by atoms with Crippen LogP contribution in [0.15, 0.2) is 28.9 Å². The second-order valence-electron chi connectivity index (χ2n) is 3.27.